The van der Waals surface area contributed by atoms with Crippen LogP contribution in [0.3, 0.4) is 0 Å². The van der Waals surface area contributed by atoms with Crippen LogP contribution in [0.2, 0.25) is 0 Å². The number of fused-ring (bicyclic) bond motifs is 10. The molecular weight excluding hydrogens is 603 g/mol. The summed E-state index contributed by atoms with van der Waals surface area (Å²) in [5.41, 5.74) is 14.7. The van der Waals surface area contributed by atoms with Crippen LogP contribution in [0.25, 0.3) is 65.7 Å². The predicted molar refractivity (Wildman–Crippen MR) is 210 cm³/mol. The Balaban J connectivity index is 1.28. The van der Waals surface area contributed by atoms with E-state index >= 15 is 0 Å². The van der Waals surface area contributed by atoms with Gasteiger partial charge in [0.25, 0.3) is 0 Å². The van der Waals surface area contributed by atoms with Crippen molar-refractivity contribution < 1.29 is 0 Å². The number of hydrogen-bond donors (Lipinski definition) is 1. The van der Waals surface area contributed by atoms with Gasteiger partial charge in [-0.05, 0) is 124 Å². The van der Waals surface area contributed by atoms with Crippen molar-refractivity contribution in [3.8, 4) is 33.4 Å². The lowest BCUT2D eigenvalue weighted by molar-refractivity contribution is 0.797. The highest BCUT2D eigenvalue weighted by molar-refractivity contribution is 6.30. The fourth-order valence-electron chi connectivity index (χ4n) is 9.17. The molecule has 0 saturated heterocycles. The Hall–Kier alpha value is -6.44. The van der Waals surface area contributed by atoms with Crippen molar-refractivity contribution in [2.45, 2.75) is 5.41 Å². The maximum atomic E-state index is 3.80. The highest BCUT2D eigenvalue weighted by Gasteiger charge is 2.51. The van der Waals surface area contributed by atoms with E-state index in [4.69, 9.17) is 0 Å². The molecule has 9 aromatic rings. The van der Waals surface area contributed by atoms with Crippen molar-refractivity contribution in [1.29, 1.82) is 0 Å². The SMILES string of the molecule is c1ccc(Nc2cc3c4c(c2)c2ccccc2c2cccc(c24)C32c3ccc(-c4ccccc4)cc3-c3cc(-c4ccccc4)ccc32)cc1. The lowest BCUT2D eigenvalue weighted by atomic mass is 9.70. The maximum Gasteiger partial charge on any atom is 0.0726 e. The number of hydrogen-bond acceptors (Lipinski definition) is 1. The van der Waals surface area contributed by atoms with Crippen molar-refractivity contribution in [2.24, 2.45) is 0 Å². The lowest BCUT2D eigenvalue weighted by Crippen LogP contribution is -2.26. The number of para-hydroxylation sites is 1. The molecule has 0 bridgehead atoms. The highest BCUT2D eigenvalue weighted by Crippen LogP contribution is 2.64. The molecule has 0 fully saturated rings. The van der Waals surface area contributed by atoms with E-state index in [9.17, 15) is 0 Å². The molecule has 0 saturated carbocycles. The quantitative estimate of drug-likeness (QED) is 0.190. The normalized spacial score (nSPS) is 13.4. The van der Waals surface area contributed by atoms with Crippen LogP contribution in [0.4, 0.5) is 11.4 Å². The molecule has 9 aromatic carbocycles. The monoisotopic (exact) mass is 633 g/mol. The molecule has 2 aliphatic rings. The highest BCUT2D eigenvalue weighted by atomic mass is 14.9. The molecule has 0 heterocycles. The van der Waals surface area contributed by atoms with E-state index in [1.165, 1.54) is 88.0 Å². The molecule has 0 radical (unpaired) electrons. The van der Waals surface area contributed by atoms with Gasteiger partial charge in [-0.3, -0.25) is 0 Å². The summed E-state index contributed by atoms with van der Waals surface area (Å²) in [6.45, 7) is 0. The molecule has 1 N–H and O–H groups in total. The van der Waals surface area contributed by atoms with E-state index in [-0.39, 0.29) is 0 Å². The van der Waals surface area contributed by atoms with Gasteiger partial charge in [-0.1, -0.05) is 146 Å². The van der Waals surface area contributed by atoms with Crippen LogP contribution in [-0.4, -0.2) is 0 Å². The topological polar surface area (TPSA) is 12.0 Å². The van der Waals surface area contributed by atoms with Crippen molar-refractivity contribution >= 4 is 43.7 Å². The minimum atomic E-state index is -0.471. The lowest BCUT2D eigenvalue weighted by Gasteiger charge is -2.31. The van der Waals surface area contributed by atoms with Gasteiger partial charge in [-0.2, -0.15) is 0 Å². The van der Waals surface area contributed by atoms with E-state index in [1.807, 2.05) is 0 Å². The average Bonchev–Trinajstić information content (AvgIpc) is 3.65. The first kappa shape index (κ1) is 27.5. The van der Waals surface area contributed by atoms with Crippen LogP contribution >= 0.6 is 0 Å². The van der Waals surface area contributed by atoms with Gasteiger partial charge in [0.05, 0.1) is 5.41 Å². The van der Waals surface area contributed by atoms with Crippen LogP contribution in [0, 0.1) is 0 Å². The fourth-order valence-corrected chi connectivity index (χ4v) is 9.17. The van der Waals surface area contributed by atoms with Gasteiger partial charge < -0.3 is 5.32 Å². The van der Waals surface area contributed by atoms with Crippen molar-refractivity contribution in [3.63, 3.8) is 0 Å². The average molecular weight is 634 g/mol. The Morgan fingerprint density at radius 1 is 0.300 bits per heavy atom. The van der Waals surface area contributed by atoms with E-state index < -0.39 is 5.41 Å². The summed E-state index contributed by atoms with van der Waals surface area (Å²) in [6, 6.07) is 67.3. The second kappa shape index (κ2) is 10.3. The van der Waals surface area contributed by atoms with Crippen LogP contribution < -0.4 is 5.32 Å². The molecule has 50 heavy (non-hydrogen) atoms. The fraction of sp³-hybridized carbons (Fsp3) is 0.0204. The van der Waals surface area contributed by atoms with E-state index in [0.717, 1.165) is 11.4 Å². The van der Waals surface area contributed by atoms with Gasteiger partial charge in [0.2, 0.25) is 0 Å². The summed E-state index contributed by atoms with van der Waals surface area (Å²) in [7, 11) is 0. The summed E-state index contributed by atoms with van der Waals surface area (Å²) < 4.78 is 0. The summed E-state index contributed by atoms with van der Waals surface area (Å²) in [5.74, 6) is 0. The molecule has 0 aromatic heterocycles. The van der Waals surface area contributed by atoms with Crippen LogP contribution in [0.1, 0.15) is 22.3 Å². The third-order valence-electron chi connectivity index (χ3n) is 11.2. The molecule has 0 aliphatic heterocycles. The molecule has 11 rings (SSSR count). The minimum absolute atomic E-state index is 0.471. The summed E-state index contributed by atoms with van der Waals surface area (Å²) in [5, 5.41) is 11.8. The summed E-state index contributed by atoms with van der Waals surface area (Å²) in [6.07, 6.45) is 0. The number of benzene rings is 9. The minimum Gasteiger partial charge on any atom is -0.355 e. The zero-order valence-corrected chi connectivity index (χ0v) is 27.3. The largest absolute Gasteiger partial charge is 0.355 e. The Morgan fingerprint density at radius 3 is 1.44 bits per heavy atom. The molecule has 0 unspecified atom stereocenters. The Kier molecular flexibility index (Phi) is 5.66. The van der Waals surface area contributed by atoms with Crippen molar-refractivity contribution in [2.75, 3.05) is 5.32 Å². The molecule has 1 spiro atoms. The van der Waals surface area contributed by atoms with Gasteiger partial charge in [0.1, 0.15) is 0 Å². The van der Waals surface area contributed by atoms with Crippen molar-refractivity contribution in [1.82, 2.24) is 0 Å². The summed E-state index contributed by atoms with van der Waals surface area (Å²) >= 11 is 0. The molecule has 0 atom stereocenters. The molecule has 2 aliphatic carbocycles. The van der Waals surface area contributed by atoms with E-state index in [2.05, 4.69) is 187 Å². The standard InChI is InChI=1S/C49H31N/c1-4-13-31(14-5-1)33-23-25-43-40(27-33)41-28-34(32-15-6-2-7-16-32)24-26-44(41)49(43)45-22-12-21-39-37-19-10-11-20-38(37)42-29-36(30-46(49)48(42)47(39)45)50-35-17-8-3-9-18-35/h1-30,50H. The Morgan fingerprint density at radius 2 is 0.820 bits per heavy atom. The van der Waals surface area contributed by atoms with Gasteiger partial charge >= 0.3 is 0 Å². The van der Waals surface area contributed by atoms with Crippen molar-refractivity contribution in [3.05, 3.63) is 204 Å². The van der Waals surface area contributed by atoms with Crippen LogP contribution in [0.5, 0.6) is 0 Å². The first-order valence-corrected chi connectivity index (χ1v) is 17.4. The number of nitrogens with one attached hydrogen (secondary N) is 1. The summed E-state index contributed by atoms with van der Waals surface area (Å²) in [4.78, 5) is 0. The zero-order chi connectivity index (χ0) is 32.8. The van der Waals surface area contributed by atoms with Crippen LogP contribution in [0.15, 0.2) is 182 Å². The zero-order valence-electron chi connectivity index (χ0n) is 27.3. The first-order valence-electron chi connectivity index (χ1n) is 17.4. The van der Waals surface area contributed by atoms with Gasteiger partial charge in [0, 0.05) is 11.4 Å². The van der Waals surface area contributed by atoms with E-state index in [1.54, 1.807) is 0 Å². The van der Waals surface area contributed by atoms with Gasteiger partial charge in [0.15, 0.2) is 0 Å². The third-order valence-corrected chi connectivity index (χ3v) is 11.2. The molecule has 0 amide bonds. The first-order chi connectivity index (χ1) is 24.8. The molecular formula is C49H31N. The third kappa shape index (κ3) is 3.67. The van der Waals surface area contributed by atoms with Gasteiger partial charge in [-0.25, -0.2) is 0 Å². The van der Waals surface area contributed by atoms with Crippen LogP contribution in [-0.2, 0) is 5.41 Å². The smallest absolute Gasteiger partial charge is 0.0726 e. The molecule has 1 heteroatoms. The predicted octanol–water partition coefficient (Wildman–Crippen LogP) is 12.9. The molecule has 232 valence electrons. The second-order valence-corrected chi connectivity index (χ2v) is 13.7. The molecule has 1 nitrogen and oxygen atoms in total. The van der Waals surface area contributed by atoms with E-state index in [0.29, 0.717) is 0 Å². The van der Waals surface area contributed by atoms with Gasteiger partial charge in [-0.15, -0.1) is 0 Å². The Labute approximate surface area is 291 Å². The second-order valence-electron chi connectivity index (χ2n) is 13.7. The Bertz CT molecular complexity index is 2730. The number of rotatable bonds is 4. The maximum absolute atomic E-state index is 3.80. The number of anilines is 2.